The van der Waals surface area contributed by atoms with E-state index in [0.29, 0.717) is 30.7 Å². The second-order valence-corrected chi connectivity index (χ2v) is 7.85. The molecule has 3 heterocycles. The van der Waals surface area contributed by atoms with E-state index >= 15 is 0 Å². The normalized spacial score (nSPS) is 15.7. The van der Waals surface area contributed by atoms with E-state index in [1.165, 1.54) is 4.57 Å². The smallest absolute Gasteiger partial charge is 0.331 e. The molecular weight excluding hydrogens is 412 g/mol. The Kier molecular flexibility index (Phi) is 6.57. The Morgan fingerprint density at radius 3 is 2.53 bits per heavy atom. The van der Waals surface area contributed by atoms with Crippen LogP contribution < -0.4 is 16.6 Å². The average Bonchev–Trinajstić information content (AvgIpc) is 3.24. The summed E-state index contributed by atoms with van der Waals surface area (Å²) in [7, 11) is 0. The zero-order valence-corrected chi connectivity index (χ0v) is 18.4. The van der Waals surface area contributed by atoms with Crippen LogP contribution in [0.1, 0.15) is 24.5 Å². The Balaban J connectivity index is 1.56. The van der Waals surface area contributed by atoms with Crippen LogP contribution in [0.25, 0.3) is 10.9 Å². The molecule has 3 aromatic rings. The number of benzene rings is 1. The number of furan rings is 1. The predicted octanol–water partition coefficient (Wildman–Crippen LogP) is 1.27. The van der Waals surface area contributed by atoms with Crippen LogP contribution in [-0.2, 0) is 22.6 Å². The van der Waals surface area contributed by atoms with Crippen molar-refractivity contribution in [2.45, 2.75) is 33.0 Å². The van der Waals surface area contributed by atoms with Crippen molar-refractivity contribution in [1.29, 1.82) is 0 Å². The van der Waals surface area contributed by atoms with E-state index in [2.05, 4.69) is 10.2 Å². The number of nitrogens with one attached hydrogen (secondary N) is 1. The standard InChI is InChI=1S/C23H28N4O5/c1-3-26-22(29)17-6-4-5-7-18(17)27(23(26)30)15-21(28)24-14-19(20-9-8-16(2)32-20)25-10-12-31-13-11-25/h4-9,19H,3,10-15H2,1-2H3,(H,24,28)/t19-/m0/s1. The summed E-state index contributed by atoms with van der Waals surface area (Å²) in [5.41, 5.74) is -0.378. The number of rotatable bonds is 7. The van der Waals surface area contributed by atoms with Crippen molar-refractivity contribution >= 4 is 16.8 Å². The molecule has 170 valence electrons. The summed E-state index contributed by atoms with van der Waals surface area (Å²) in [6.45, 7) is 6.77. The van der Waals surface area contributed by atoms with Crippen molar-refractivity contribution in [3.8, 4) is 0 Å². The Bertz CT molecular complexity index is 1220. The number of aryl methyl sites for hydroxylation is 1. The summed E-state index contributed by atoms with van der Waals surface area (Å²) in [5, 5.41) is 3.37. The maximum atomic E-state index is 12.9. The summed E-state index contributed by atoms with van der Waals surface area (Å²) < 4.78 is 13.8. The zero-order valence-electron chi connectivity index (χ0n) is 18.4. The number of fused-ring (bicyclic) bond motifs is 1. The minimum Gasteiger partial charge on any atom is -0.465 e. The third-order valence-electron chi connectivity index (χ3n) is 5.82. The molecule has 1 aromatic carbocycles. The van der Waals surface area contributed by atoms with E-state index in [1.54, 1.807) is 31.2 Å². The van der Waals surface area contributed by atoms with Crippen molar-refractivity contribution in [2.75, 3.05) is 32.8 Å². The third kappa shape index (κ3) is 4.39. The van der Waals surface area contributed by atoms with Gasteiger partial charge < -0.3 is 14.5 Å². The molecule has 1 saturated heterocycles. The number of hydrogen-bond acceptors (Lipinski definition) is 6. The van der Waals surface area contributed by atoms with E-state index < -0.39 is 5.69 Å². The zero-order chi connectivity index (χ0) is 22.7. The van der Waals surface area contributed by atoms with Crippen LogP contribution >= 0.6 is 0 Å². The maximum absolute atomic E-state index is 12.9. The molecule has 0 spiro atoms. The summed E-state index contributed by atoms with van der Waals surface area (Å²) in [5.74, 6) is 1.29. The quantitative estimate of drug-likeness (QED) is 0.594. The van der Waals surface area contributed by atoms with Crippen LogP contribution in [0.3, 0.4) is 0 Å². The first-order valence-corrected chi connectivity index (χ1v) is 10.9. The van der Waals surface area contributed by atoms with Gasteiger partial charge in [0.1, 0.15) is 18.1 Å². The molecule has 9 nitrogen and oxygen atoms in total. The first-order chi connectivity index (χ1) is 15.5. The van der Waals surface area contributed by atoms with Gasteiger partial charge in [0.15, 0.2) is 0 Å². The number of para-hydroxylation sites is 1. The molecule has 1 fully saturated rings. The fourth-order valence-corrected chi connectivity index (χ4v) is 4.14. The Morgan fingerprint density at radius 2 is 1.84 bits per heavy atom. The molecule has 1 atom stereocenters. The highest BCUT2D eigenvalue weighted by Gasteiger charge is 2.26. The maximum Gasteiger partial charge on any atom is 0.331 e. The van der Waals surface area contributed by atoms with Crippen molar-refractivity contribution in [3.05, 3.63) is 68.8 Å². The second kappa shape index (κ2) is 9.54. The molecule has 1 aliphatic heterocycles. The van der Waals surface area contributed by atoms with Gasteiger partial charge in [0.05, 0.1) is 30.2 Å². The highest BCUT2D eigenvalue weighted by Crippen LogP contribution is 2.23. The van der Waals surface area contributed by atoms with Crippen molar-refractivity contribution in [1.82, 2.24) is 19.4 Å². The Morgan fingerprint density at radius 1 is 1.09 bits per heavy atom. The molecule has 9 heteroatoms. The van der Waals surface area contributed by atoms with Crippen LogP contribution in [-0.4, -0.2) is 52.8 Å². The lowest BCUT2D eigenvalue weighted by Gasteiger charge is -2.33. The fourth-order valence-electron chi connectivity index (χ4n) is 4.14. The average molecular weight is 441 g/mol. The molecular formula is C23H28N4O5. The van der Waals surface area contributed by atoms with E-state index in [0.717, 1.165) is 29.2 Å². The molecule has 1 amide bonds. The lowest BCUT2D eigenvalue weighted by atomic mass is 10.1. The van der Waals surface area contributed by atoms with Gasteiger partial charge in [-0.3, -0.25) is 23.6 Å². The fraction of sp³-hybridized carbons (Fsp3) is 0.435. The second-order valence-electron chi connectivity index (χ2n) is 7.85. The van der Waals surface area contributed by atoms with Gasteiger partial charge in [-0.05, 0) is 38.1 Å². The Hall–Kier alpha value is -3.17. The first kappa shape index (κ1) is 22.0. The highest BCUT2D eigenvalue weighted by molar-refractivity contribution is 5.81. The molecule has 0 bridgehead atoms. The number of carbonyl (C=O) groups excluding carboxylic acids is 1. The molecule has 4 rings (SSSR count). The van der Waals surface area contributed by atoms with E-state index in [-0.39, 0.29) is 30.6 Å². The van der Waals surface area contributed by atoms with E-state index in [9.17, 15) is 14.4 Å². The summed E-state index contributed by atoms with van der Waals surface area (Å²) in [4.78, 5) is 40.6. The first-order valence-electron chi connectivity index (χ1n) is 10.9. The largest absolute Gasteiger partial charge is 0.465 e. The molecule has 0 radical (unpaired) electrons. The Labute approximate surface area is 185 Å². The molecule has 2 aromatic heterocycles. The minimum atomic E-state index is -0.488. The van der Waals surface area contributed by atoms with Crippen molar-refractivity contribution in [2.24, 2.45) is 0 Å². The topological polar surface area (TPSA) is 98.7 Å². The van der Waals surface area contributed by atoms with Gasteiger partial charge in [-0.25, -0.2) is 4.79 Å². The van der Waals surface area contributed by atoms with Gasteiger partial charge in [-0.1, -0.05) is 12.1 Å². The number of nitrogens with zero attached hydrogens (tertiary/aromatic N) is 3. The van der Waals surface area contributed by atoms with E-state index in [4.69, 9.17) is 9.15 Å². The van der Waals surface area contributed by atoms with Gasteiger partial charge in [-0.2, -0.15) is 0 Å². The van der Waals surface area contributed by atoms with Crippen LogP contribution in [0, 0.1) is 6.92 Å². The van der Waals surface area contributed by atoms with Gasteiger partial charge in [0, 0.05) is 26.2 Å². The number of ether oxygens (including phenoxy) is 1. The van der Waals surface area contributed by atoms with Crippen LogP contribution in [0.2, 0.25) is 0 Å². The number of hydrogen-bond donors (Lipinski definition) is 1. The monoisotopic (exact) mass is 440 g/mol. The molecule has 1 aliphatic rings. The number of aromatic nitrogens is 2. The molecule has 32 heavy (non-hydrogen) atoms. The van der Waals surface area contributed by atoms with Crippen molar-refractivity contribution in [3.63, 3.8) is 0 Å². The summed E-state index contributed by atoms with van der Waals surface area (Å²) in [6.07, 6.45) is 0. The molecule has 0 unspecified atom stereocenters. The molecule has 1 N–H and O–H groups in total. The van der Waals surface area contributed by atoms with Crippen LogP contribution in [0.4, 0.5) is 0 Å². The highest BCUT2D eigenvalue weighted by atomic mass is 16.5. The van der Waals surface area contributed by atoms with Crippen molar-refractivity contribution < 1.29 is 13.9 Å². The number of amides is 1. The molecule has 0 saturated carbocycles. The van der Waals surface area contributed by atoms with Crippen LogP contribution in [0.5, 0.6) is 0 Å². The SMILES string of the molecule is CCn1c(=O)c2ccccc2n(CC(=O)NC[C@@H](c2ccc(C)o2)N2CCOCC2)c1=O. The van der Waals surface area contributed by atoms with Gasteiger partial charge in [-0.15, -0.1) is 0 Å². The van der Waals surface area contributed by atoms with Gasteiger partial charge >= 0.3 is 5.69 Å². The lowest BCUT2D eigenvalue weighted by molar-refractivity contribution is -0.122. The van der Waals surface area contributed by atoms with E-state index in [1.807, 2.05) is 19.1 Å². The number of morpholine rings is 1. The third-order valence-corrected chi connectivity index (χ3v) is 5.82. The minimum absolute atomic E-state index is 0.130. The van der Waals surface area contributed by atoms with Gasteiger partial charge in [0.2, 0.25) is 5.91 Å². The summed E-state index contributed by atoms with van der Waals surface area (Å²) in [6, 6.07) is 10.6. The predicted molar refractivity (Wildman–Crippen MR) is 120 cm³/mol. The summed E-state index contributed by atoms with van der Waals surface area (Å²) >= 11 is 0. The van der Waals surface area contributed by atoms with Crippen LogP contribution in [0.15, 0.2) is 50.4 Å². The van der Waals surface area contributed by atoms with Gasteiger partial charge in [0.25, 0.3) is 5.56 Å². The lowest BCUT2D eigenvalue weighted by Crippen LogP contribution is -2.45. The number of carbonyl (C=O) groups is 1. The molecule has 0 aliphatic carbocycles.